The van der Waals surface area contributed by atoms with Crippen LogP contribution in [0.1, 0.15) is 48.7 Å². The summed E-state index contributed by atoms with van der Waals surface area (Å²) in [7, 11) is 1.94. The number of fused-ring (bicyclic) bond motifs is 1. The monoisotopic (exact) mass is 368 g/mol. The number of aryl methyl sites for hydroxylation is 1. The number of carbonyl (C=O) groups is 1. The van der Waals surface area contributed by atoms with E-state index < -0.39 is 0 Å². The molecular weight excluding hydrogens is 344 g/mol. The molecule has 142 valence electrons. The molecule has 4 rings (SSSR count). The van der Waals surface area contributed by atoms with Crippen molar-refractivity contribution in [3.05, 3.63) is 41.7 Å². The van der Waals surface area contributed by atoms with Gasteiger partial charge in [-0.1, -0.05) is 25.9 Å². The summed E-state index contributed by atoms with van der Waals surface area (Å²) in [6.07, 6.45) is 5.22. The molecule has 27 heavy (non-hydrogen) atoms. The van der Waals surface area contributed by atoms with E-state index in [1.54, 1.807) is 12.4 Å². The normalized spacial score (nSPS) is 18.2. The van der Waals surface area contributed by atoms with Crippen molar-refractivity contribution >= 4 is 17.0 Å². The van der Waals surface area contributed by atoms with E-state index in [-0.39, 0.29) is 17.4 Å². The number of rotatable bonds is 2. The van der Waals surface area contributed by atoms with E-state index in [2.05, 4.69) is 41.2 Å². The predicted molar refractivity (Wildman–Crippen MR) is 100 cm³/mol. The SMILES string of the molecule is Cn1ccnc1C1CNCCN1C(=O)c1cnc2onc(C(C)(C)C)c2c1. The number of hydrogen-bond donors (Lipinski definition) is 1. The minimum absolute atomic E-state index is 0.0556. The summed E-state index contributed by atoms with van der Waals surface area (Å²) < 4.78 is 7.30. The van der Waals surface area contributed by atoms with E-state index >= 15 is 0 Å². The van der Waals surface area contributed by atoms with Crippen molar-refractivity contribution in [2.24, 2.45) is 7.05 Å². The van der Waals surface area contributed by atoms with Crippen LogP contribution in [0.5, 0.6) is 0 Å². The first-order valence-corrected chi connectivity index (χ1v) is 9.11. The summed E-state index contributed by atoms with van der Waals surface area (Å²) in [5.74, 6) is 0.810. The van der Waals surface area contributed by atoms with Gasteiger partial charge < -0.3 is 19.3 Å². The number of aromatic nitrogens is 4. The number of hydrogen-bond acceptors (Lipinski definition) is 6. The Labute approximate surface area is 157 Å². The predicted octanol–water partition coefficient (Wildman–Crippen LogP) is 2.04. The zero-order chi connectivity index (χ0) is 19.2. The van der Waals surface area contributed by atoms with Crippen LogP contribution in [0.2, 0.25) is 0 Å². The van der Waals surface area contributed by atoms with E-state index in [9.17, 15) is 4.79 Å². The van der Waals surface area contributed by atoms with E-state index in [0.717, 1.165) is 23.4 Å². The number of amides is 1. The number of piperazine rings is 1. The molecule has 0 bridgehead atoms. The van der Waals surface area contributed by atoms with Crippen molar-refractivity contribution in [3.8, 4) is 0 Å². The Morgan fingerprint density at radius 1 is 1.33 bits per heavy atom. The molecule has 8 nitrogen and oxygen atoms in total. The molecule has 0 aliphatic carbocycles. The molecule has 1 amide bonds. The van der Waals surface area contributed by atoms with Crippen LogP contribution < -0.4 is 5.32 Å². The van der Waals surface area contributed by atoms with Crippen LogP contribution in [-0.4, -0.2) is 50.1 Å². The van der Waals surface area contributed by atoms with Crippen LogP contribution in [0.15, 0.2) is 29.2 Å². The molecular formula is C19H24N6O2. The molecule has 1 atom stereocenters. The van der Waals surface area contributed by atoms with Gasteiger partial charge in [-0.3, -0.25) is 4.79 Å². The van der Waals surface area contributed by atoms with Gasteiger partial charge in [0.25, 0.3) is 11.6 Å². The zero-order valence-electron chi connectivity index (χ0n) is 16.1. The number of nitrogens with one attached hydrogen (secondary N) is 1. The smallest absolute Gasteiger partial charge is 0.257 e. The molecule has 4 heterocycles. The van der Waals surface area contributed by atoms with Gasteiger partial charge in [-0.2, -0.15) is 0 Å². The lowest BCUT2D eigenvalue weighted by atomic mass is 9.90. The summed E-state index contributed by atoms with van der Waals surface area (Å²) in [6, 6.07) is 1.73. The van der Waals surface area contributed by atoms with Crippen molar-refractivity contribution < 1.29 is 9.32 Å². The van der Waals surface area contributed by atoms with Crippen molar-refractivity contribution in [1.29, 1.82) is 0 Å². The highest BCUT2D eigenvalue weighted by Crippen LogP contribution is 2.30. The average Bonchev–Trinajstić information content (AvgIpc) is 3.26. The van der Waals surface area contributed by atoms with Gasteiger partial charge in [0, 0.05) is 50.7 Å². The molecule has 1 saturated heterocycles. The van der Waals surface area contributed by atoms with E-state index in [4.69, 9.17) is 4.52 Å². The minimum atomic E-state index is -0.195. The number of nitrogens with zero attached hydrogens (tertiary/aromatic N) is 5. The van der Waals surface area contributed by atoms with Gasteiger partial charge in [0.15, 0.2) is 0 Å². The van der Waals surface area contributed by atoms with Gasteiger partial charge >= 0.3 is 0 Å². The minimum Gasteiger partial charge on any atom is -0.336 e. The Hall–Kier alpha value is -2.74. The highest BCUT2D eigenvalue weighted by atomic mass is 16.5. The molecule has 1 unspecified atom stereocenters. The van der Waals surface area contributed by atoms with Crippen molar-refractivity contribution in [2.45, 2.75) is 32.2 Å². The first-order valence-electron chi connectivity index (χ1n) is 9.11. The van der Waals surface area contributed by atoms with Gasteiger partial charge in [-0.25, -0.2) is 9.97 Å². The van der Waals surface area contributed by atoms with Crippen molar-refractivity contribution in [3.63, 3.8) is 0 Å². The standard InChI is InChI=1S/C19H24N6O2/c1-19(2,3)15-13-9-12(10-22-17(13)27-23-15)18(26)25-8-5-20-11-14(25)16-21-6-7-24(16)4/h6-7,9-10,14,20H,5,8,11H2,1-4H3. The van der Waals surface area contributed by atoms with Gasteiger partial charge in [-0.05, 0) is 6.07 Å². The molecule has 1 aliphatic rings. The highest BCUT2D eigenvalue weighted by Gasteiger charge is 2.32. The van der Waals surface area contributed by atoms with Gasteiger partial charge in [0.05, 0.1) is 16.6 Å². The summed E-state index contributed by atoms with van der Waals surface area (Å²) >= 11 is 0. The van der Waals surface area contributed by atoms with E-state index in [1.165, 1.54) is 0 Å². The van der Waals surface area contributed by atoms with Crippen molar-refractivity contribution in [2.75, 3.05) is 19.6 Å². The molecule has 1 N–H and O–H groups in total. The van der Waals surface area contributed by atoms with E-state index in [1.807, 2.05) is 28.8 Å². The van der Waals surface area contributed by atoms with Gasteiger partial charge in [-0.15, -0.1) is 0 Å². The Kier molecular flexibility index (Phi) is 4.22. The maximum atomic E-state index is 13.3. The molecule has 3 aromatic heterocycles. The fourth-order valence-electron chi connectivity index (χ4n) is 3.53. The maximum absolute atomic E-state index is 13.3. The van der Waals surface area contributed by atoms with Crippen LogP contribution in [0.4, 0.5) is 0 Å². The van der Waals surface area contributed by atoms with Crippen molar-refractivity contribution in [1.82, 2.24) is 29.9 Å². The average molecular weight is 368 g/mol. The van der Waals surface area contributed by atoms with Gasteiger partial charge in [0.2, 0.25) is 0 Å². The topological polar surface area (TPSA) is 89.1 Å². The first kappa shape index (κ1) is 17.7. The largest absolute Gasteiger partial charge is 0.336 e. The first-order chi connectivity index (χ1) is 12.9. The summed E-state index contributed by atoms with van der Waals surface area (Å²) in [5.41, 5.74) is 1.61. The Morgan fingerprint density at radius 3 is 2.85 bits per heavy atom. The third-order valence-corrected chi connectivity index (χ3v) is 4.95. The van der Waals surface area contributed by atoms with Crippen LogP contribution in [0.3, 0.4) is 0 Å². The molecule has 3 aromatic rings. The molecule has 8 heteroatoms. The molecule has 1 aliphatic heterocycles. The lowest BCUT2D eigenvalue weighted by Crippen LogP contribution is -2.49. The Balaban J connectivity index is 1.71. The summed E-state index contributed by atoms with van der Waals surface area (Å²) in [5, 5.41) is 8.30. The molecule has 0 radical (unpaired) electrons. The Bertz CT molecular complexity index is 984. The number of carbonyl (C=O) groups excluding carboxylic acids is 1. The quantitative estimate of drug-likeness (QED) is 0.745. The number of pyridine rings is 1. The van der Waals surface area contributed by atoms with Gasteiger partial charge in [0.1, 0.15) is 11.9 Å². The van der Waals surface area contributed by atoms with E-state index in [0.29, 0.717) is 24.4 Å². The third-order valence-electron chi connectivity index (χ3n) is 4.95. The maximum Gasteiger partial charge on any atom is 0.257 e. The second-order valence-electron chi connectivity index (χ2n) is 7.97. The molecule has 1 fully saturated rings. The fourth-order valence-corrected chi connectivity index (χ4v) is 3.53. The third kappa shape index (κ3) is 3.10. The molecule has 0 aromatic carbocycles. The second kappa shape index (κ2) is 6.45. The molecule has 0 spiro atoms. The highest BCUT2D eigenvalue weighted by molar-refractivity contribution is 5.97. The lowest BCUT2D eigenvalue weighted by molar-refractivity contribution is 0.0620. The van der Waals surface area contributed by atoms with Crippen LogP contribution in [0, 0.1) is 0 Å². The summed E-state index contributed by atoms with van der Waals surface area (Å²) in [6.45, 7) is 8.23. The summed E-state index contributed by atoms with van der Waals surface area (Å²) in [4.78, 5) is 23.9. The fraction of sp³-hybridized carbons (Fsp3) is 0.474. The second-order valence-corrected chi connectivity index (χ2v) is 7.97. The van der Waals surface area contributed by atoms with Crippen LogP contribution in [-0.2, 0) is 12.5 Å². The zero-order valence-corrected chi connectivity index (χ0v) is 16.1. The molecule has 0 saturated carbocycles. The Morgan fingerprint density at radius 2 is 2.15 bits per heavy atom. The lowest BCUT2D eigenvalue weighted by Gasteiger charge is -2.35. The van der Waals surface area contributed by atoms with Crippen LogP contribution in [0.25, 0.3) is 11.1 Å². The van der Waals surface area contributed by atoms with Crippen LogP contribution >= 0.6 is 0 Å². The number of imidazole rings is 1.